The normalized spacial score (nSPS) is 18.4. The van der Waals surface area contributed by atoms with E-state index in [0.717, 1.165) is 31.5 Å². The second-order valence-electron chi connectivity index (χ2n) is 5.69. The summed E-state index contributed by atoms with van der Waals surface area (Å²) in [4.78, 5) is 0. The first-order chi connectivity index (χ1) is 9.72. The van der Waals surface area contributed by atoms with Crippen LogP contribution in [-0.4, -0.2) is 13.1 Å². The second kappa shape index (κ2) is 5.76. The van der Waals surface area contributed by atoms with Gasteiger partial charge < -0.3 is 5.32 Å². The van der Waals surface area contributed by atoms with Gasteiger partial charge in [-0.3, -0.25) is 0 Å². The lowest BCUT2D eigenvalue weighted by Gasteiger charge is -2.14. The van der Waals surface area contributed by atoms with Crippen molar-refractivity contribution in [1.29, 1.82) is 0 Å². The van der Waals surface area contributed by atoms with E-state index in [1.54, 1.807) is 0 Å². The number of rotatable bonds is 2. The van der Waals surface area contributed by atoms with Crippen molar-refractivity contribution in [2.75, 3.05) is 13.1 Å². The maximum Gasteiger partial charge on any atom is 0.123 e. The Morgan fingerprint density at radius 3 is 2.65 bits per heavy atom. The standard InChI is InChI=1S/C18H20FN/c1-13-12-20-9-8-16-5-2-15(11-18(13)16)10-14-3-6-17(19)7-4-14/h2-7,11,13,20H,8-10,12H2,1H3. The van der Waals surface area contributed by atoms with Crippen molar-refractivity contribution < 1.29 is 4.39 Å². The Labute approximate surface area is 119 Å². The average Bonchev–Trinajstić information content (AvgIpc) is 2.64. The van der Waals surface area contributed by atoms with Crippen molar-refractivity contribution in [3.63, 3.8) is 0 Å². The molecule has 1 aliphatic heterocycles. The van der Waals surface area contributed by atoms with Crippen LogP contribution in [0.1, 0.15) is 35.1 Å². The largest absolute Gasteiger partial charge is 0.316 e. The fraction of sp³-hybridized carbons (Fsp3) is 0.333. The Bertz CT molecular complexity index is 589. The van der Waals surface area contributed by atoms with E-state index in [9.17, 15) is 4.39 Å². The van der Waals surface area contributed by atoms with Crippen LogP contribution in [0.5, 0.6) is 0 Å². The van der Waals surface area contributed by atoms with Gasteiger partial charge in [0, 0.05) is 6.54 Å². The molecule has 0 aromatic heterocycles. The van der Waals surface area contributed by atoms with E-state index >= 15 is 0 Å². The number of benzene rings is 2. The summed E-state index contributed by atoms with van der Waals surface area (Å²) in [5, 5.41) is 3.48. The molecule has 0 radical (unpaired) electrons. The molecule has 1 N–H and O–H groups in total. The van der Waals surface area contributed by atoms with E-state index in [-0.39, 0.29) is 5.82 Å². The first kappa shape index (κ1) is 13.3. The Morgan fingerprint density at radius 1 is 1.10 bits per heavy atom. The van der Waals surface area contributed by atoms with E-state index in [0.29, 0.717) is 5.92 Å². The smallest absolute Gasteiger partial charge is 0.123 e. The molecular weight excluding hydrogens is 249 g/mol. The number of hydrogen-bond donors (Lipinski definition) is 1. The van der Waals surface area contributed by atoms with Gasteiger partial charge in [0.2, 0.25) is 0 Å². The highest BCUT2D eigenvalue weighted by Gasteiger charge is 2.14. The number of fused-ring (bicyclic) bond motifs is 1. The van der Waals surface area contributed by atoms with Gasteiger partial charge >= 0.3 is 0 Å². The van der Waals surface area contributed by atoms with Crippen LogP contribution in [0.4, 0.5) is 4.39 Å². The van der Waals surface area contributed by atoms with Gasteiger partial charge in [-0.2, -0.15) is 0 Å². The first-order valence-corrected chi connectivity index (χ1v) is 7.29. The molecule has 1 unspecified atom stereocenters. The Hall–Kier alpha value is -1.67. The lowest BCUT2D eigenvalue weighted by atomic mass is 9.92. The van der Waals surface area contributed by atoms with Crippen LogP contribution in [0.3, 0.4) is 0 Å². The average molecular weight is 269 g/mol. The van der Waals surface area contributed by atoms with Gasteiger partial charge in [-0.25, -0.2) is 4.39 Å². The minimum atomic E-state index is -0.171. The van der Waals surface area contributed by atoms with Gasteiger partial charge in [-0.15, -0.1) is 0 Å². The molecule has 1 atom stereocenters. The van der Waals surface area contributed by atoms with E-state index in [1.165, 1.54) is 28.8 Å². The Balaban J connectivity index is 1.86. The summed E-state index contributed by atoms with van der Waals surface area (Å²) in [6, 6.07) is 13.6. The van der Waals surface area contributed by atoms with E-state index in [4.69, 9.17) is 0 Å². The molecule has 104 valence electrons. The van der Waals surface area contributed by atoms with E-state index in [1.807, 2.05) is 12.1 Å². The highest BCUT2D eigenvalue weighted by molar-refractivity contribution is 5.38. The van der Waals surface area contributed by atoms with Gasteiger partial charge in [0.15, 0.2) is 0 Å². The minimum Gasteiger partial charge on any atom is -0.316 e. The predicted molar refractivity (Wildman–Crippen MR) is 80.6 cm³/mol. The molecule has 0 bridgehead atoms. The van der Waals surface area contributed by atoms with Gasteiger partial charge in [0.05, 0.1) is 0 Å². The summed E-state index contributed by atoms with van der Waals surface area (Å²) >= 11 is 0. The molecule has 1 nitrogen and oxygen atoms in total. The van der Waals surface area contributed by atoms with Crippen LogP contribution in [0, 0.1) is 5.82 Å². The summed E-state index contributed by atoms with van der Waals surface area (Å²) in [6.45, 7) is 4.39. The monoisotopic (exact) mass is 269 g/mol. The molecule has 0 saturated carbocycles. The fourth-order valence-corrected chi connectivity index (χ4v) is 2.93. The molecule has 0 fully saturated rings. The maximum absolute atomic E-state index is 12.9. The highest BCUT2D eigenvalue weighted by Crippen LogP contribution is 2.24. The Morgan fingerprint density at radius 2 is 1.85 bits per heavy atom. The molecule has 2 aromatic rings. The minimum absolute atomic E-state index is 0.171. The third-order valence-electron chi connectivity index (χ3n) is 4.08. The zero-order valence-corrected chi connectivity index (χ0v) is 11.8. The molecule has 1 aliphatic rings. The predicted octanol–water partition coefficient (Wildman–Crippen LogP) is 3.67. The second-order valence-corrected chi connectivity index (χ2v) is 5.69. The summed E-state index contributed by atoms with van der Waals surface area (Å²) in [6.07, 6.45) is 1.98. The summed E-state index contributed by atoms with van der Waals surface area (Å²) in [5.41, 5.74) is 5.40. The Kier molecular flexibility index (Phi) is 3.83. The molecule has 0 aliphatic carbocycles. The molecule has 1 heterocycles. The van der Waals surface area contributed by atoms with Crippen LogP contribution in [0.2, 0.25) is 0 Å². The summed E-state index contributed by atoms with van der Waals surface area (Å²) < 4.78 is 12.9. The zero-order valence-electron chi connectivity index (χ0n) is 11.8. The number of hydrogen-bond acceptors (Lipinski definition) is 1. The van der Waals surface area contributed by atoms with Crippen molar-refractivity contribution in [2.45, 2.75) is 25.7 Å². The third-order valence-corrected chi connectivity index (χ3v) is 4.08. The maximum atomic E-state index is 12.9. The molecule has 3 rings (SSSR count). The first-order valence-electron chi connectivity index (χ1n) is 7.29. The molecule has 0 spiro atoms. The molecule has 2 aromatic carbocycles. The topological polar surface area (TPSA) is 12.0 Å². The van der Waals surface area contributed by atoms with Crippen LogP contribution >= 0.6 is 0 Å². The zero-order chi connectivity index (χ0) is 13.9. The molecule has 0 saturated heterocycles. The van der Waals surface area contributed by atoms with Gasteiger partial charge in [0.25, 0.3) is 0 Å². The SMILES string of the molecule is CC1CNCCc2ccc(Cc3ccc(F)cc3)cc21. The van der Waals surface area contributed by atoms with Gasteiger partial charge in [-0.05, 0) is 59.7 Å². The van der Waals surface area contributed by atoms with Crippen molar-refractivity contribution in [3.8, 4) is 0 Å². The van der Waals surface area contributed by atoms with Crippen LogP contribution in [-0.2, 0) is 12.8 Å². The fourth-order valence-electron chi connectivity index (χ4n) is 2.93. The van der Waals surface area contributed by atoms with E-state index in [2.05, 4.69) is 30.4 Å². The van der Waals surface area contributed by atoms with Crippen molar-refractivity contribution in [3.05, 3.63) is 70.5 Å². The molecule has 0 amide bonds. The molecule has 2 heteroatoms. The number of halogens is 1. The van der Waals surface area contributed by atoms with Gasteiger partial charge in [0.1, 0.15) is 5.82 Å². The lowest BCUT2D eigenvalue weighted by molar-refractivity contribution is 0.627. The third kappa shape index (κ3) is 2.91. The van der Waals surface area contributed by atoms with Crippen LogP contribution < -0.4 is 5.32 Å². The quantitative estimate of drug-likeness (QED) is 0.877. The van der Waals surface area contributed by atoms with Crippen LogP contribution in [0.25, 0.3) is 0 Å². The van der Waals surface area contributed by atoms with E-state index < -0.39 is 0 Å². The molecule has 20 heavy (non-hydrogen) atoms. The van der Waals surface area contributed by atoms with Crippen molar-refractivity contribution in [2.24, 2.45) is 0 Å². The molecular formula is C18H20FN. The summed E-state index contributed by atoms with van der Waals surface area (Å²) in [5.74, 6) is 0.385. The van der Waals surface area contributed by atoms with Gasteiger partial charge in [-0.1, -0.05) is 37.3 Å². The number of nitrogens with one attached hydrogen (secondary N) is 1. The summed E-state index contributed by atoms with van der Waals surface area (Å²) in [7, 11) is 0. The van der Waals surface area contributed by atoms with Crippen LogP contribution in [0.15, 0.2) is 42.5 Å². The highest BCUT2D eigenvalue weighted by atomic mass is 19.1. The van der Waals surface area contributed by atoms with Crippen molar-refractivity contribution in [1.82, 2.24) is 5.32 Å². The van der Waals surface area contributed by atoms with Crippen molar-refractivity contribution >= 4 is 0 Å². The lowest BCUT2D eigenvalue weighted by Crippen LogP contribution is -2.18.